The molecule has 1 fully saturated rings. The second kappa shape index (κ2) is 5.81. The van der Waals surface area contributed by atoms with Gasteiger partial charge in [-0.2, -0.15) is 0 Å². The predicted molar refractivity (Wildman–Crippen MR) is 75.9 cm³/mol. The van der Waals surface area contributed by atoms with E-state index < -0.39 is 5.41 Å². The number of nitrogens with one attached hydrogen (secondary N) is 1. The Morgan fingerprint density at radius 3 is 2.85 bits per heavy atom. The van der Waals surface area contributed by atoms with E-state index in [1.165, 1.54) is 0 Å². The minimum absolute atomic E-state index is 0.0257. The van der Waals surface area contributed by atoms with Crippen molar-refractivity contribution in [3.05, 3.63) is 24.3 Å². The lowest BCUT2D eigenvalue weighted by Crippen LogP contribution is -2.51. The van der Waals surface area contributed by atoms with E-state index in [0.29, 0.717) is 30.9 Å². The van der Waals surface area contributed by atoms with Gasteiger partial charge in [-0.25, -0.2) is 0 Å². The van der Waals surface area contributed by atoms with Gasteiger partial charge < -0.3 is 21.0 Å². The monoisotopic (exact) mass is 277 g/mol. The summed E-state index contributed by atoms with van der Waals surface area (Å²) in [6.45, 7) is 2.46. The third-order valence-corrected chi connectivity index (χ3v) is 3.64. The first-order valence-corrected chi connectivity index (χ1v) is 6.64. The van der Waals surface area contributed by atoms with Crippen molar-refractivity contribution < 1.29 is 14.7 Å². The van der Waals surface area contributed by atoms with E-state index in [0.717, 1.165) is 6.42 Å². The largest absolute Gasteiger partial charge is 0.494 e. The zero-order chi connectivity index (χ0) is 14.6. The van der Waals surface area contributed by atoms with Crippen LogP contribution in [0.2, 0.25) is 0 Å². The summed E-state index contributed by atoms with van der Waals surface area (Å²) in [7, 11) is 0. The Morgan fingerprint density at radius 2 is 2.30 bits per heavy atom. The number of hydrogen-bond donors (Lipinski definition) is 3. The van der Waals surface area contributed by atoms with Gasteiger partial charge in [0.15, 0.2) is 5.84 Å². The fraction of sp³-hybridized carbons (Fsp3) is 0.429. The summed E-state index contributed by atoms with van der Waals surface area (Å²) in [4.78, 5) is 12.4. The highest BCUT2D eigenvalue weighted by atomic mass is 16.5. The number of carbonyl (C=O) groups excluding carboxylic acids is 1. The van der Waals surface area contributed by atoms with Gasteiger partial charge in [0, 0.05) is 11.8 Å². The predicted octanol–water partition coefficient (Wildman–Crippen LogP) is 1.94. The number of carbonyl (C=O) groups is 1. The Balaban J connectivity index is 2.13. The Kier molecular flexibility index (Phi) is 4.12. The highest BCUT2D eigenvalue weighted by Gasteiger charge is 2.48. The summed E-state index contributed by atoms with van der Waals surface area (Å²) in [6, 6.07) is 7.15. The molecule has 0 bridgehead atoms. The van der Waals surface area contributed by atoms with E-state index in [1.54, 1.807) is 18.2 Å². The van der Waals surface area contributed by atoms with E-state index in [4.69, 9.17) is 15.7 Å². The van der Waals surface area contributed by atoms with Gasteiger partial charge >= 0.3 is 0 Å². The third kappa shape index (κ3) is 2.54. The molecule has 0 heterocycles. The molecule has 1 aliphatic rings. The maximum atomic E-state index is 12.4. The van der Waals surface area contributed by atoms with Crippen LogP contribution in [0.5, 0.6) is 5.75 Å². The minimum Gasteiger partial charge on any atom is -0.494 e. The molecule has 1 aromatic carbocycles. The van der Waals surface area contributed by atoms with E-state index >= 15 is 0 Å². The first-order chi connectivity index (χ1) is 9.62. The van der Waals surface area contributed by atoms with Gasteiger partial charge in [-0.15, -0.1) is 0 Å². The van der Waals surface area contributed by atoms with Gasteiger partial charge in [-0.1, -0.05) is 17.6 Å². The average molecular weight is 277 g/mol. The number of amidine groups is 1. The first kappa shape index (κ1) is 14.2. The van der Waals surface area contributed by atoms with Crippen LogP contribution in [0.1, 0.15) is 26.2 Å². The smallest absolute Gasteiger partial charge is 0.238 e. The Bertz CT molecular complexity index is 524. The summed E-state index contributed by atoms with van der Waals surface area (Å²) in [5, 5.41) is 14.6. The Morgan fingerprint density at radius 1 is 1.55 bits per heavy atom. The lowest BCUT2D eigenvalue weighted by atomic mass is 9.67. The van der Waals surface area contributed by atoms with Gasteiger partial charge in [-0.3, -0.25) is 4.79 Å². The molecule has 108 valence electrons. The molecular weight excluding hydrogens is 258 g/mol. The summed E-state index contributed by atoms with van der Waals surface area (Å²) >= 11 is 0. The van der Waals surface area contributed by atoms with Crippen molar-refractivity contribution in [3.8, 4) is 5.75 Å². The van der Waals surface area contributed by atoms with Crippen molar-refractivity contribution in [2.45, 2.75) is 26.2 Å². The van der Waals surface area contributed by atoms with Crippen molar-refractivity contribution in [3.63, 3.8) is 0 Å². The third-order valence-electron chi connectivity index (χ3n) is 3.64. The summed E-state index contributed by atoms with van der Waals surface area (Å²) in [5.74, 6) is 0.423. The molecule has 0 saturated heterocycles. The Labute approximate surface area is 117 Å². The number of rotatable bonds is 5. The molecule has 1 amide bonds. The van der Waals surface area contributed by atoms with Gasteiger partial charge in [0.25, 0.3) is 0 Å². The molecule has 0 aliphatic heterocycles. The quantitative estimate of drug-likeness (QED) is 0.331. The molecule has 1 saturated carbocycles. The molecule has 2 rings (SSSR count). The number of hydrogen-bond acceptors (Lipinski definition) is 4. The lowest BCUT2D eigenvalue weighted by Gasteiger charge is -2.38. The van der Waals surface area contributed by atoms with E-state index in [9.17, 15) is 4.79 Å². The molecule has 4 N–H and O–H groups in total. The van der Waals surface area contributed by atoms with E-state index in [2.05, 4.69) is 10.5 Å². The van der Waals surface area contributed by atoms with E-state index in [1.807, 2.05) is 13.0 Å². The molecule has 0 spiro atoms. The first-order valence-electron chi connectivity index (χ1n) is 6.64. The maximum absolute atomic E-state index is 12.4. The van der Waals surface area contributed by atoms with Crippen LogP contribution in [0.4, 0.5) is 5.69 Å². The second-order valence-electron chi connectivity index (χ2n) is 4.84. The number of benzene rings is 1. The van der Waals surface area contributed by atoms with Gasteiger partial charge in [-0.05, 0) is 31.9 Å². The number of ether oxygens (including phenoxy) is 1. The molecule has 1 aliphatic carbocycles. The standard InChI is InChI=1S/C14H19N3O3/c1-2-20-11-6-3-5-10(9-11)16-13(18)14(7-4-8-14)12(15)17-19/h3,5-6,9,19H,2,4,7-8H2,1H3,(H2,15,17)(H,16,18). The number of nitrogens with two attached hydrogens (primary N) is 1. The molecule has 1 aromatic rings. The van der Waals surface area contributed by atoms with E-state index in [-0.39, 0.29) is 11.7 Å². The summed E-state index contributed by atoms with van der Waals surface area (Å²) in [5.41, 5.74) is 5.42. The minimum atomic E-state index is -0.879. The number of nitrogens with zero attached hydrogens (tertiary/aromatic N) is 1. The fourth-order valence-electron chi connectivity index (χ4n) is 2.31. The highest BCUT2D eigenvalue weighted by Crippen LogP contribution is 2.42. The van der Waals surface area contributed by atoms with Crippen molar-refractivity contribution in [1.29, 1.82) is 0 Å². The molecule has 0 aromatic heterocycles. The van der Waals surface area contributed by atoms with Crippen molar-refractivity contribution in [2.24, 2.45) is 16.3 Å². The van der Waals surface area contributed by atoms with Crippen LogP contribution in [0.25, 0.3) is 0 Å². The molecule has 0 radical (unpaired) electrons. The molecule has 6 nitrogen and oxygen atoms in total. The van der Waals surface area contributed by atoms with Crippen LogP contribution in [-0.2, 0) is 4.79 Å². The van der Waals surface area contributed by atoms with Crippen LogP contribution >= 0.6 is 0 Å². The number of amides is 1. The van der Waals surface area contributed by atoms with Crippen LogP contribution in [0.3, 0.4) is 0 Å². The SMILES string of the molecule is CCOc1cccc(NC(=O)C2(/C(N)=N/O)CCC2)c1. The lowest BCUT2D eigenvalue weighted by molar-refractivity contribution is -0.125. The second-order valence-corrected chi connectivity index (χ2v) is 4.84. The van der Waals surface area contributed by atoms with Crippen molar-refractivity contribution in [2.75, 3.05) is 11.9 Å². The fourth-order valence-corrected chi connectivity index (χ4v) is 2.31. The average Bonchev–Trinajstić information content (AvgIpc) is 2.38. The Hall–Kier alpha value is -2.24. The van der Waals surface area contributed by atoms with Gasteiger partial charge in [0.1, 0.15) is 11.2 Å². The summed E-state index contributed by atoms with van der Waals surface area (Å²) in [6.07, 6.45) is 2.09. The zero-order valence-corrected chi connectivity index (χ0v) is 11.4. The van der Waals surface area contributed by atoms with Gasteiger partial charge in [0.2, 0.25) is 5.91 Å². The van der Waals surface area contributed by atoms with Crippen LogP contribution < -0.4 is 15.8 Å². The number of anilines is 1. The van der Waals surface area contributed by atoms with Crippen LogP contribution in [0, 0.1) is 5.41 Å². The molecule has 6 heteroatoms. The molecule has 20 heavy (non-hydrogen) atoms. The zero-order valence-electron chi connectivity index (χ0n) is 11.4. The topological polar surface area (TPSA) is 96.9 Å². The van der Waals surface area contributed by atoms with Crippen LogP contribution in [0.15, 0.2) is 29.4 Å². The van der Waals surface area contributed by atoms with Crippen molar-refractivity contribution >= 4 is 17.4 Å². The van der Waals surface area contributed by atoms with Crippen molar-refractivity contribution in [1.82, 2.24) is 0 Å². The molecular formula is C14H19N3O3. The maximum Gasteiger partial charge on any atom is 0.238 e. The van der Waals surface area contributed by atoms with Crippen LogP contribution in [-0.4, -0.2) is 23.6 Å². The molecule has 0 unspecified atom stereocenters. The summed E-state index contributed by atoms with van der Waals surface area (Å²) < 4.78 is 5.38. The molecule has 0 atom stereocenters. The normalized spacial score (nSPS) is 17.1. The number of oxime groups is 1. The highest BCUT2D eigenvalue weighted by molar-refractivity contribution is 6.12. The van der Waals surface area contributed by atoms with Gasteiger partial charge in [0.05, 0.1) is 6.61 Å².